The van der Waals surface area contributed by atoms with Crippen molar-refractivity contribution in [3.63, 3.8) is 0 Å². The van der Waals surface area contributed by atoms with Gasteiger partial charge in [-0.2, -0.15) is 0 Å². The van der Waals surface area contributed by atoms with Gasteiger partial charge in [0.15, 0.2) is 0 Å². The van der Waals surface area contributed by atoms with Gasteiger partial charge in [-0.3, -0.25) is 0 Å². The predicted octanol–water partition coefficient (Wildman–Crippen LogP) is 4.70. The van der Waals surface area contributed by atoms with Crippen LogP contribution in [0.25, 0.3) is 0 Å². The third kappa shape index (κ3) is 2.47. The SMILES string of the molecule is CC(C)C1=CCC(c2ccccc2N)(C(C)C)C=C1. The van der Waals surface area contributed by atoms with E-state index in [9.17, 15) is 0 Å². The highest BCUT2D eigenvalue weighted by molar-refractivity contribution is 5.54. The Balaban J connectivity index is 2.44. The minimum absolute atomic E-state index is 0.0454. The van der Waals surface area contributed by atoms with Crippen LogP contribution in [0.3, 0.4) is 0 Å². The molecule has 1 aromatic carbocycles. The molecule has 1 heteroatoms. The van der Waals surface area contributed by atoms with Crippen LogP contribution >= 0.6 is 0 Å². The molecular weight excluding hydrogens is 230 g/mol. The molecule has 0 fully saturated rings. The first-order valence-corrected chi connectivity index (χ1v) is 7.21. The largest absolute Gasteiger partial charge is 0.398 e. The number of rotatable bonds is 3. The van der Waals surface area contributed by atoms with Crippen LogP contribution in [0.5, 0.6) is 0 Å². The summed E-state index contributed by atoms with van der Waals surface area (Å²) in [5.41, 5.74) is 9.86. The van der Waals surface area contributed by atoms with Gasteiger partial charge in [0, 0.05) is 11.1 Å². The molecule has 0 spiro atoms. The molecule has 1 aromatic rings. The number of nitrogen functional groups attached to an aromatic ring is 1. The topological polar surface area (TPSA) is 26.0 Å². The Morgan fingerprint density at radius 2 is 1.79 bits per heavy atom. The van der Waals surface area contributed by atoms with Crippen LogP contribution in [0.2, 0.25) is 0 Å². The summed E-state index contributed by atoms with van der Waals surface area (Å²) in [5.74, 6) is 1.12. The Morgan fingerprint density at radius 3 is 2.26 bits per heavy atom. The molecule has 0 heterocycles. The van der Waals surface area contributed by atoms with Crippen molar-refractivity contribution in [1.29, 1.82) is 0 Å². The first-order valence-electron chi connectivity index (χ1n) is 7.21. The molecule has 2 N–H and O–H groups in total. The van der Waals surface area contributed by atoms with Crippen molar-refractivity contribution in [3.8, 4) is 0 Å². The molecule has 1 atom stereocenters. The maximum atomic E-state index is 6.21. The van der Waals surface area contributed by atoms with Crippen molar-refractivity contribution in [1.82, 2.24) is 0 Å². The molecule has 0 amide bonds. The number of hydrogen-bond donors (Lipinski definition) is 1. The lowest BCUT2D eigenvalue weighted by Crippen LogP contribution is -2.32. The van der Waals surface area contributed by atoms with Crippen molar-refractivity contribution >= 4 is 5.69 Å². The molecule has 0 aromatic heterocycles. The second kappa shape index (κ2) is 5.24. The Labute approximate surface area is 117 Å². The third-order valence-corrected chi connectivity index (χ3v) is 4.41. The van der Waals surface area contributed by atoms with E-state index in [0.717, 1.165) is 12.1 Å². The second-order valence-corrected chi connectivity index (χ2v) is 6.18. The Hall–Kier alpha value is -1.50. The van der Waals surface area contributed by atoms with Crippen LogP contribution in [0.4, 0.5) is 5.69 Å². The van der Waals surface area contributed by atoms with E-state index < -0.39 is 0 Å². The molecule has 0 aliphatic heterocycles. The summed E-state index contributed by atoms with van der Waals surface area (Å²) < 4.78 is 0. The zero-order valence-corrected chi connectivity index (χ0v) is 12.5. The van der Waals surface area contributed by atoms with Gasteiger partial charge in [-0.05, 0) is 35.5 Å². The maximum absolute atomic E-state index is 6.21. The van der Waals surface area contributed by atoms with Crippen LogP contribution in [-0.2, 0) is 5.41 Å². The Morgan fingerprint density at radius 1 is 1.11 bits per heavy atom. The van der Waals surface area contributed by atoms with Gasteiger partial charge < -0.3 is 5.73 Å². The minimum Gasteiger partial charge on any atom is -0.398 e. The normalized spacial score (nSPS) is 22.9. The van der Waals surface area contributed by atoms with E-state index in [4.69, 9.17) is 5.73 Å². The van der Waals surface area contributed by atoms with E-state index in [1.54, 1.807) is 0 Å². The zero-order valence-electron chi connectivity index (χ0n) is 12.5. The van der Waals surface area contributed by atoms with Gasteiger partial charge >= 0.3 is 0 Å². The van der Waals surface area contributed by atoms with E-state index >= 15 is 0 Å². The van der Waals surface area contributed by atoms with Crippen LogP contribution in [0.1, 0.15) is 39.7 Å². The molecule has 0 saturated heterocycles. The average Bonchev–Trinajstić information content (AvgIpc) is 2.39. The van der Waals surface area contributed by atoms with Gasteiger partial charge in [-0.15, -0.1) is 0 Å². The van der Waals surface area contributed by atoms with Crippen molar-refractivity contribution in [2.75, 3.05) is 5.73 Å². The standard InChI is InChI=1S/C18H25N/c1-13(2)15-9-11-18(12-10-15,14(3)4)16-7-5-6-8-17(16)19/h5-11,13-14H,12,19H2,1-4H3. The van der Waals surface area contributed by atoms with Crippen molar-refractivity contribution < 1.29 is 0 Å². The van der Waals surface area contributed by atoms with Gasteiger partial charge in [-0.1, -0.05) is 64.1 Å². The second-order valence-electron chi connectivity index (χ2n) is 6.18. The number of benzene rings is 1. The average molecular weight is 255 g/mol. The molecular formula is C18H25N. The fraction of sp³-hybridized carbons (Fsp3) is 0.444. The van der Waals surface area contributed by atoms with Gasteiger partial charge in [-0.25, -0.2) is 0 Å². The van der Waals surface area contributed by atoms with Gasteiger partial charge in [0.1, 0.15) is 0 Å². The highest BCUT2D eigenvalue weighted by Gasteiger charge is 2.35. The first kappa shape index (κ1) is 13.9. The van der Waals surface area contributed by atoms with Crippen molar-refractivity contribution in [3.05, 3.63) is 53.6 Å². The molecule has 19 heavy (non-hydrogen) atoms. The van der Waals surface area contributed by atoms with E-state index in [2.05, 4.69) is 58.1 Å². The Bertz CT molecular complexity index is 508. The van der Waals surface area contributed by atoms with Gasteiger partial charge in [0.05, 0.1) is 0 Å². The fourth-order valence-electron chi connectivity index (χ4n) is 2.96. The molecule has 1 unspecified atom stereocenters. The van der Waals surface area contributed by atoms with Gasteiger partial charge in [0.25, 0.3) is 0 Å². The molecule has 2 rings (SSSR count). The van der Waals surface area contributed by atoms with E-state index in [-0.39, 0.29) is 5.41 Å². The summed E-state index contributed by atoms with van der Waals surface area (Å²) in [6.07, 6.45) is 8.10. The van der Waals surface area contributed by atoms with Crippen LogP contribution in [0, 0.1) is 11.8 Å². The number of nitrogens with two attached hydrogens (primary N) is 1. The molecule has 102 valence electrons. The van der Waals surface area contributed by atoms with Crippen molar-refractivity contribution in [2.24, 2.45) is 11.8 Å². The van der Waals surface area contributed by atoms with E-state index in [1.165, 1.54) is 11.1 Å². The van der Waals surface area contributed by atoms with Crippen LogP contribution in [0.15, 0.2) is 48.1 Å². The number of anilines is 1. The molecule has 0 saturated carbocycles. The van der Waals surface area contributed by atoms with E-state index in [0.29, 0.717) is 11.8 Å². The monoisotopic (exact) mass is 255 g/mol. The molecule has 1 nitrogen and oxygen atoms in total. The predicted molar refractivity (Wildman–Crippen MR) is 84.0 cm³/mol. The minimum atomic E-state index is 0.0454. The summed E-state index contributed by atoms with van der Waals surface area (Å²) in [6.45, 7) is 9.06. The Kier molecular flexibility index (Phi) is 3.84. The molecule has 1 aliphatic carbocycles. The lowest BCUT2D eigenvalue weighted by Gasteiger charge is -2.38. The quantitative estimate of drug-likeness (QED) is 0.778. The lowest BCUT2D eigenvalue weighted by molar-refractivity contribution is 0.383. The molecule has 0 radical (unpaired) electrons. The number of para-hydroxylation sites is 1. The maximum Gasteiger partial charge on any atom is 0.0355 e. The smallest absolute Gasteiger partial charge is 0.0355 e. The summed E-state index contributed by atoms with van der Waals surface area (Å²) in [6, 6.07) is 8.28. The summed E-state index contributed by atoms with van der Waals surface area (Å²) in [5, 5.41) is 0. The van der Waals surface area contributed by atoms with E-state index in [1.807, 2.05) is 12.1 Å². The fourth-order valence-corrected chi connectivity index (χ4v) is 2.96. The lowest BCUT2D eigenvalue weighted by atomic mass is 9.66. The van der Waals surface area contributed by atoms with Gasteiger partial charge in [0.2, 0.25) is 0 Å². The highest BCUT2D eigenvalue weighted by Crippen LogP contribution is 2.43. The zero-order chi connectivity index (χ0) is 14.0. The van der Waals surface area contributed by atoms with Crippen LogP contribution < -0.4 is 5.73 Å². The first-order chi connectivity index (χ1) is 8.97. The summed E-state index contributed by atoms with van der Waals surface area (Å²) >= 11 is 0. The summed E-state index contributed by atoms with van der Waals surface area (Å²) in [7, 11) is 0. The van der Waals surface area contributed by atoms with Crippen molar-refractivity contribution in [2.45, 2.75) is 39.5 Å². The highest BCUT2D eigenvalue weighted by atomic mass is 14.6. The molecule has 0 bridgehead atoms. The summed E-state index contributed by atoms with van der Waals surface area (Å²) in [4.78, 5) is 0. The number of allylic oxidation sites excluding steroid dienone is 4. The third-order valence-electron chi connectivity index (χ3n) is 4.41. The molecule has 1 aliphatic rings. The number of hydrogen-bond acceptors (Lipinski definition) is 1. The van der Waals surface area contributed by atoms with Crippen LogP contribution in [-0.4, -0.2) is 0 Å².